The first-order chi connectivity index (χ1) is 26.0. The van der Waals surface area contributed by atoms with Crippen molar-refractivity contribution in [2.24, 2.45) is 29.6 Å². The van der Waals surface area contributed by atoms with Crippen molar-refractivity contribution in [2.75, 3.05) is 17.4 Å². The number of nitrogens with one attached hydrogen (secondary N) is 1. The van der Waals surface area contributed by atoms with Gasteiger partial charge >= 0.3 is 5.97 Å². The molecule has 0 radical (unpaired) electrons. The minimum absolute atomic E-state index is 0.0357. The number of nitrogens with zero attached hydrogens (tertiary/aromatic N) is 2. The van der Waals surface area contributed by atoms with Gasteiger partial charge in [0.05, 0.1) is 47.2 Å². The van der Waals surface area contributed by atoms with Gasteiger partial charge in [-0.25, -0.2) is 4.79 Å². The van der Waals surface area contributed by atoms with Gasteiger partial charge in [0, 0.05) is 5.92 Å². The molecule has 8 rings (SSSR count). The normalized spacial score (nSPS) is 26.0. The number of anilines is 2. The molecule has 2 aliphatic carbocycles. The number of carbonyl (C=O) groups excluding carboxylic acids is 4. The Kier molecular flexibility index (Phi) is 8.44. The number of ether oxygens (including phenoxy) is 1. The van der Waals surface area contributed by atoms with Crippen molar-refractivity contribution in [3.63, 3.8) is 0 Å². The molecule has 0 spiro atoms. The van der Waals surface area contributed by atoms with Crippen molar-refractivity contribution in [1.29, 1.82) is 0 Å². The Morgan fingerprint density at radius 2 is 1.65 bits per heavy atom. The Bertz CT molecular complexity index is 2280. The van der Waals surface area contributed by atoms with Crippen LogP contribution in [0.25, 0.3) is 6.08 Å². The third-order valence-corrected chi connectivity index (χ3v) is 11.5. The van der Waals surface area contributed by atoms with Crippen molar-refractivity contribution >= 4 is 47.0 Å². The molecule has 1 saturated carbocycles. The number of fused-ring (bicyclic) bond motifs is 4. The van der Waals surface area contributed by atoms with Crippen molar-refractivity contribution in [1.82, 2.24) is 5.01 Å². The average molecular weight is 724 g/mol. The van der Waals surface area contributed by atoms with Crippen LogP contribution in [0, 0.1) is 36.5 Å². The zero-order valence-electron chi connectivity index (χ0n) is 29.5. The Balaban J connectivity index is 1.28. The van der Waals surface area contributed by atoms with Crippen LogP contribution in [0.3, 0.4) is 0 Å². The van der Waals surface area contributed by atoms with Crippen LogP contribution >= 0.6 is 0 Å². The quantitative estimate of drug-likeness (QED) is 0.144. The van der Waals surface area contributed by atoms with Gasteiger partial charge < -0.3 is 14.9 Å². The zero-order chi connectivity index (χ0) is 37.9. The first kappa shape index (κ1) is 34.6. The predicted octanol–water partition coefficient (Wildman–Crippen LogP) is 6.14. The van der Waals surface area contributed by atoms with E-state index >= 15 is 4.79 Å². The fourth-order valence-corrected chi connectivity index (χ4v) is 9.03. The molecule has 4 aromatic carbocycles. The molecule has 6 unspecified atom stereocenters. The monoisotopic (exact) mass is 723 g/mol. The lowest BCUT2D eigenvalue weighted by Gasteiger charge is -2.49. The van der Waals surface area contributed by atoms with Crippen LogP contribution in [0.5, 0.6) is 11.5 Å². The largest absolute Gasteiger partial charge is 0.504 e. The maximum Gasteiger partial charge on any atom is 0.335 e. The molecule has 54 heavy (non-hydrogen) atoms. The lowest BCUT2D eigenvalue weighted by molar-refractivity contribution is -0.139. The smallest absolute Gasteiger partial charge is 0.335 e. The minimum atomic E-state index is -1.43. The van der Waals surface area contributed by atoms with E-state index in [0.29, 0.717) is 16.8 Å². The fraction of sp³-hybridized carbons (Fsp3) is 0.233. The minimum Gasteiger partial charge on any atom is -0.504 e. The van der Waals surface area contributed by atoms with Crippen LogP contribution in [0.1, 0.15) is 39.9 Å². The summed E-state index contributed by atoms with van der Waals surface area (Å²) in [6.45, 7) is 1.94. The molecule has 4 aliphatic rings. The van der Waals surface area contributed by atoms with E-state index in [9.17, 15) is 29.4 Å². The van der Waals surface area contributed by atoms with Gasteiger partial charge in [0.25, 0.3) is 11.8 Å². The second kappa shape index (κ2) is 13.2. The van der Waals surface area contributed by atoms with E-state index in [1.807, 2.05) is 67.6 Å². The summed E-state index contributed by atoms with van der Waals surface area (Å²) in [7, 11) is 1.45. The summed E-state index contributed by atoms with van der Waals surface area (Å²) in [5, 5.41) is 21.0. The molecule has 2 saturated heterocycles. The number of carbonyl (C=O) groups is 5. The summed E-state index contributed by atoms with van der Waals surface area (Å²) in [6, 6.07) is 27.2. The number of imide groups is 2. The molecule has 6 atom stereocenters. The lowest BCUT2D eigenvalue weighted by Crippen LogP contribution is -2.54. The summed E-state index contributed by atoms with van der Waals surface area (Å²) in [6.07, 6.45) is 6.01. The van der Waals surface area contributed by atoms with Crippen molar-refractivity contribution in [3.8, 4) is 11.5 Å². The third kappa shape index (κ3) is 5.29. The number of hydrogen-bond acceptors (Lipinski definition) is 8. The average Bonchev–Trinajstić information content (AvgIpc) is 3.56. The predicted molar refractivity (Wildman–Crippen MR) is 199 cm³/mol. The van der Waals surface area contributed by atoms with Crippen LogP contribution in [0.4, 0.5) is 11.4 Å². The molecular weight excluding hydrogens is 686 g/mol. The number of phenols is 1. The second-order valence-corrected chi connectivity index (χ2v) is 14.3. The van der Waals surface area contributed by atoms with Gasteiger partial charge in [0.2, 0.25) is 11.8 Å². The Labute approximate surface area is 311 Å². The van der Waals surface area contributed by atoms with Crippen LogP contribution in [-0.4, -0.2) is 51.9 Å². The third-order valence-electron chi connectivity index (χ3n) is 11.5. The van der Waals surface area contributed by atoms with E-state index < -0.39 is 64.6 Å². The maximum atomic E-state index is 15.2. The maximum absolute atomic E-state index is 15.2. The number of aromatic hydroxyl groups is 1. The number of aryl methyl sites for hydroxylation is 1. The van der Waals surface area contributed by atoms with E-state index in [1.165, 1.54) is 31.4 Å². The number of rotatable bonds is 8. The SMILES string of the molecule is COc1cc(C=CC2C3=CCC4C(=O)N(c5cccc(C(=O)O)c5)C(=O)C4C3CC3C(=O)N(Nc4ccc(C)cc4)C(=O)C23c2ccccc2)ccc1O. The molecular formula is C43H37N3O8. The summed E-state index contributed by atoms with van der Waals surface area (Å²) in [5.41, 5.74) is 5.43. The highest BCUT2D eigenvalue weighted by Gasteiger charge is 2.69. The molecule has 3 N–H and O–H groups in total. The van der Waals surface area contributed by atoms with Crippen LogP contribution in [-0.2, 0) is 24.6 Å². The summed E-state index contributed by atoms with van der Waals surface area (Å²) in [5.74, 6) is -6.57. The number of carboxylic acid groups (broad SMARTS) is 1. The highest BCUT2D eigenvalue weighted by molar-refractivity contribution is 6.23. The molecule has 0 aromatic heterocycles. The number of methoxy groups -OCH3 is 1. The van der Waals surface area contributed by atoms with E-state index in [1.54, 1.807) is 30.3 Å². The van der Waals surface area contributed by atoms with E-state index in [-0.39, 0.29) is 35.6 Å². The highest BCUT2D eigenvalue weighted by Crippen LogP contribution is 2.61. The van der Waals surface area contributed by atoms with Crippen LogP contribution in [0.2, 0.25) is 0 Å². The van der Waals surface area contributed by atoms with Crippen molar-refractivity contribution in [3.05, 3.63) is 137 Å². The van der Waals surface area contributed by atoms with Crippen LogP contribution in [0.15, 0.2) is 115 Å². The first-order valence-corrected chi connectivity index (χ1v) is 17.8. The molecule has 11 heteroatoms. The zero-order valence-corrected chi connectivity index (χ0v) is 29.5. The van der Waals surface area contributed by atoms with E-state index in [0.717, 1.165) is 21.0 Å². The number of phenolic OH excluding ortho intramolecular Hbond substituents is 1. The van der Waals surface area contributed by atoms with Gasteiger partial charge in [-0.15, -0.1) is 0 Å². The number of amides is 4. The van der Waals surface area contributed by atoms with Gasteiger partial charge in [0.15, 0.2) is 11.5 Å². The Morgan fingerprint density at radius 1 is 0.889 bits per heavy atom. The topological polar surface area (TPSA) is 154 Å². The number of hydrazine groups is 1. The first-order valence-electron chi connectivity index (χ1n) is 17.8. The van der Waals surface area contributed by atoms with Gasteiger partial charge in [-0.05, 0) is 79.3 Å². The van der Waals surface area contributed by atoms with Gasteiger partial charge in [-0.3, -0.25) is 29.5 Å². The Hall–Kier alpha value is -6.49. The number of allylic oxidation sites excluding steroid dienone is 3. The Morgan fingerprint density at radius 3 is 2.37 bits per heavy atom. The molecule has 4 aromatic rings. The summed E-state index contributed by atoms with van der Waals surface area (Å²) >= 11 is 0. The number of aromatic carboxylic acids is 1. The highest BCUT2D eigenvalue weighted by atomic mass is 16.5. The van der Waals surface area contributed by atoms with Gasteiger partial charge in [-0.2, -0.15) is 5.01 Å². The fourth-order valence-electron chi connectivity index (χ4n) is 9.03. The van der Waals surface area contributed by atoms with Crippen molar-refractivity contribution in [2.45, 2.75) is 25.2 Å². The summed E-state index contributed by atoms with van der Waals surface area (Å²) < 4.78 is 5.35. The number of benzene rings is 4. The second-order valence-electron chi connectivity index (χ2n) is 14.3. The molecule has 0 bridgehead atoms. The molecule has 2 aliphatic heterocycles. The molecule has 11 nitrogen and oxygen atoms in total. The van der Waals surface area contributed by atoms with E-state index in [4.69, 9.17) is 4.74 Å². The van der Waals surface area contributed by atoms with E-state index in [2.05, 4.69) is 5.43 Å². The summed E-state index contributed by atoms with van der Waals surface area (Å²) in [4.78, 5) is 71.4. The van der Waals surface area contributed by atoms with Crippen LogP contribution < -0.4 is 15.1 Å². The lowest BCUT2D eigenvalue weighted by atomic mass is 9.50. The molecule has 3 fully saturated rings. The van der Waals surface area contributed by atoms with Gasteiger partial charge in [0.1, 0.15) is 0 Å². The number of hydrogen-bond donors (Lipinski definition) is 3. The standard InChI is InChI=1S/C43H37N3O8/c1-24-11-15-28(16-12-24)44-46-39(49)34-23-32-30(17-18-31-37(32)40(50)45(38(31)48)29-10-6-7-26(22-29)41(51)52)33(19-13-25-14-20-35(47)36(21-25)54-2)43(34,42(46)53)27-8-4-3-5-9-27/h3-17,19-22,31-34,37,44,47H,18,23H2,1-2H3,(H,51,52). The molecule has 4 amide bonds. The number of carboxylic acids is 1. The van der Waals surface area contributed by atoms with Crippen molar-refractivity contribution < 1.29 is 38.9 Å². The molecule has 2 heterocycles. The van der Waals surface area contributed by atoms with Gasteiger partial charge in [-0.1, -0.05) is 84.0 Å². The molecule has 272 valence electrons.